The summed E-state index contributed by atoms with van der Waals surface area (Å²) in [4.78, 5) is 2.41. The molecule has 0 aliphatic rings. The molecule has 0 radical (unpaired) electrons. The van der Waals surface area contributed by atoms with Gasteiger partial charge in [0, 0.05) is 33.4 Å². The number of anilines is 3. The van der Waals surface area contributed by atoms with Crippen LogP contribution in [0.3, 0.4) is 0 Å². The minimum absolute atomic E-state index is 1.08. The summed E-state index contributed by atoms with van der Waals surface area (Å²) in [7, 11) is 0. The van der Waals surface area contributed by atoms with Gasteiger partial charge in [-0.3, -0.25) is 0 Å². The fourth-order valence-corrected chi connectivity index (χ4v) is 9.00. The lowest BCUT2D eigenvalue weighted by Gasteiger charge is -2.28. The summed E-state index contributed by atoms with van der Waals surface area (Å²) in [5, 5.41) is 2.47. The van der Waals surface area contributed by atoms with Crippen molar-refractivity contribution in [2.45, 2.75) is 0 Å². The highest BCUT2D eigenvalue weighted by molar-refractivity contribution is 6.17. The van der Waals surface area contributed by atoms with Gasteiger partial charge in [-0.15, -0.1) is 0 Å². The Morgan fingerprint density at radius 3 is 1.15 bits per heavy atom. The molecule has 0 spiro atoms. The molecule has 0 saturated heterocycles. The minimum atomic E-state index is 1.08. The van der Waals surface area contributed by atoms with E-state index in [0.717, 1.165) is 28.3 Å². The second-order valence-electron chi connectivity index (χ2n) is 15.7. The van der Waals surface area contributed by atoms with Crippen LogP contribution in [0.15, 0.2) is 255 Å². The van der Waals surface area contributed by atoms with E-state index in [1.54, 1.807) is 0 Å². The van der Waals surface area contributed by atoms with Gasteiger partial charge in [-0.05, 0) is 105 Å². The standard InChI is InChI=1S/C60H42N2/c1-4-15-43(16-5-1)45-27-31-47(32-28-45)49-35-39-52(40-36-49)61(53-41-37-50(38-42-53)48-33-29-46(30-34-48)44-17-6-2-7-18-44)57-24-12-10-21-54(57)55-23-14-26-59-60(55)56-22-11-13-25-58(56)62(59)51-19-8-3-9-20-51/h1-42H. The number of benzene rings is 10. The highest BCUT2D eigenvalue weighted by Crippen LogP contribution is 2.46. The van der Waals surface area contributed by atoms with Crippen LogP contribution < -0.4 is 4.90 Å². The van der Waals surface area contributed by atoms with E-state index in [0.29, 0.717) is 0 Å². The Morgan fingerprint density at radius 1 is 0.258 bits per heavy atom. The molecule has 0 saturated carbocycles. The number of rotatable bonds is 9. The molecular weight excluding hydrogens is 749 g/mol. The first-order valence-corrected chi connectivity index (χ1v) is 21.3. The molecule has 292 valence electrons. The number of fused-ring (bicyclic) bond motifs is 3. The van der Waals surface area contributed by atoms with Crippen LogP contribution in [0.4, 0.5) is 17.1 Å². The third-order valence-corrected chi connectivity index (χ3v) is 12.0. The Kier molecular flexibility index (Phi) is 9.57. The number of aromatic nitrogens is 1. The molecule has 0 aliphatic carbocycles. The number of hydrogen-bond acceptors (Lipinski definition) is 1. The monoisotopic (exact) mass is 790 g/mol. The van der Waals surface area contributed by atoms with E-state index in [9.17, 15) is 0 Å². The Hall–Kier alpha value is -8.20. The van der Waals surface area contributed by atoms with Gasteiger partial charge in [0.2, 0.25) is 0 Å². The van der Waals surface area contributed by atoms with Crippen molar-refractivity contribution in [3.8, 4) is 61.3 Å². The fourth-order valence-electron chi connectivity index (χ4n) is 9.00. The highest BCUT2D eigenvalue weighted by atomic mass is 15.1. The minimum Gasteiger partial charge on any atom is -0.310 e. The van der Waals surface area contributed by atoms with Crippen LogP contribution in [0.25, 0.3) is 83.1 Å². The second kappa shape index (κ2) is 16.1. The van der Waals surface area contributed by atoms with Gasteiger partial charge in [0.15, 0.2) is 0 Å². The summed E-state index contributed by atoms with van der Waals surface area (Å²) in [6, 6.07) is 92.0. The molecule has 0 unspecified atom stereocenters. The summed E-state index contributed by atoms with van der Waals surface area (Å²) in [6.45, 7) is 0. The molecule has 0 atom stereocenters. The Morgan fingerprint density at radius 2 is 0.629 bits per heavy atom. The zero-order valence-corrected chi connectivity index (χ0v) is 34.1. The predicted octanol–water partition coefficient (Wildman–Crippen LogP) is 16.6. The quantitative estimate of drug-likeness (QED) is 0.141. The number of hydrogen-bond donors (Lipinski definition) is 0. The molecule has 1 heterocycles. The predicted molar refractivity (Wildman–Crippen MR) is 263 cm³/mol. The fraction of sp³-hybridized carbons (Fsp3) is 0. The van der Waals surface area contributed by atoms with Crippen molar-refractivity contribution in [2.24, 2.45) is 0 Å². The van der Waals surface area contributed by atoms with Gasteiger partial charge in [-0.25, -0.2) is 0 Å². The molecule has 0 bridgehead atoms. The number of para-hydroxylation sites is 3. The lowest BCUT2D eigenvalue weighted by molar-refractivity contribution is 1.18. The first kappa shape index (κ1) is 36.8. The molecule has 0 aliphatic heterocycles. The van der Waals surface area contributed by atoms with E-state index in [1.807, 2.05) is 0 Å². The van der Waals surface area contributed by atoms with Gasteiger partial charge in [-0.1, -0.05) is 200 Å². The first-order valence-electron chi connectivity index (χ1n) is 21.3. The van der Waals surface area contributed by atoms with Gasteiger partial charge < -0.3 is 9.47 Å². The van der Waals surface area contributed by atoms with Crippen LogP contribution in [0.5, 0.6) is 0 Å². The van der Waals surface area contributed by atoms with E-state index < -0.39 is 0 Å². The van der Waals surface area contributed by atoms with Gasteiger partial charge >= 0.3 is 0 Å². The lowest BCUT2D eigenvalue weighted by Crippen LogP contribution is -2.11. The Bertz CT molecular complexity index is 3150. The van der Waals surface area contributed by atoms with Crippen LogP contribution >= 0.6 is 0 Å². The summed E-state index contributed by atoms with van der Waals surface area (Å²) >= 11 is 0. The highest BCUT2D eigenvalue weighted by Gasteiger charge is 2.21. The molecule has 0 N–H and O–H groups in total. The zero-order chi connectivity index (χ0) is 41.2. The van der Waals surface area contributed by atoms with Crippen molar-refractivity contribution in [3.05, 3.63) is 255 Å². The van der Waals surface area contributed by atoms with Crippen molar-refractivity contribution in [2.75, 3.05) is 4.90 Å². The van der Waals surface area contributed by atoms with Crippen LogP contribution in [0.1, 0.15) is 0 Å². The topological polar surface area (TPSA) is 8.17 Å². The van der Waals surface area contributed by atoms with Crippen LogP contribution in [0.2, 0.25) is 0 Å². The smallest absolute Gasteiger partial charge is 0.0547 e. The summed E-state index contributed by atoms with van der Waals surface area (Å²) in [6.07, 6.45) is 0. The average molecular weight is 791 g/mol. The van der Waals surface area contributed by atoms with Crippen molar-refractivity contribution in [1.82, 2.24) is 4.57 Å². The average Bonchev–Trinajstić information content (AvgIpc) is 3.70. The van der Waals surface area contributed by atoms with E-state index in [4.69, 9.17) is 0 Å². The molecule has 2 nitrogen and oxygen atoms in total. The van der Waals surface area contributed by atoms with Crippen molar-refractivity contribution in [1.29, 1.82) is 0 Å². The molecule has 11 aromatic rings. The third kappa shape index (κ3) is 6.84. The third-order valence-electron chi connectivity index (χ3n) is 12.0. The zero-order valence-electron chi connectivity index (χ0n) is 34.1. The molecule has 1 aromatic heterocycles. The van der Waals surface area contributed by atoms with E-state index in [-0.39, 0.29) is 0 Å². The van der Waals surface area contributed by atoms with Crippen molar-refractivity contribution < 1.29 is 0 Å². The second-order valence-corrected chi connectivity index (χ2v) is 15.7. The first-order chi connectivity index (χ1) is 30.8. The SMILES string of the molecule is c1ccc(-c2ccc(-c3ccc(N(c4ccc(-c5ccc(-c6ccccc6)cc5)cc4)c4ccccc4-c4cccc5c4c4ccccc4n5-c4ccccc4)cc3)cc2)cc1. The van der Waals surface area contributed by atoms with Crippen LogP contribution in [-0.4, -0.2) is 4.57 Å². The van der Waals surface area contributed by atoms with E-state index in [1.165, 1.54) is 71.9 Å². The molecule has 2 heteroatoms. The summed E-state index contributed by atoms with van der Waals surface area (Å²) < 4.78 is 2.39. The van der Waals surface area contributed by atoms with Crippen molar-refractivity contribution >= 4 is 38.9 Å². The molecule has 10 aromatic carbocycles. The molecular formula is C60H42N2. The molecule has 62 heavy (non-hydrogen) atoms. The Balaban J connectivity index is 1.03. The molecule has 0 fully saturated rings. The number of nitrogens with zero attached hydrogens (tertiary/aromatic N) is 2. The van der Waals surface area contributed by atoms with E-state index in [2.05, 4.69) is 264 Å². The van der Waals surface area contributed by atoms with Crippen LogP contribution in [-0.2, 0) is 0 Å². The van der Waals surface area contributed by atoms with Gasteiger partial charge in [0.25, 0.3) is 0 Å². The van der Waals surface area contributed by atoms with Crippen molar-refractivity contribution in [3.63, 3.8) is 0 Å². The maximum Gasteiger partial charge on any atom is 0.0547 e. The lowest BCUT2D eigenvalue weighted by atomic mass is 9.96. The van der Waals surface area contributed by atoms with E-state index >= 15 is 0 Å². The van der Waals surface area contributed by atoms with Crippen LogP contribution in [0, 0.1) is 0 Å². The normalized spacial score (nSPS) is 11.2. The maximum atomic E-state index is 2.41. The van der Waals surface area contributed by atoms with Gasteiger partial charge in [-0.2, -0.15) is 0 Å². The summed E-state index contributed by atoms with van der Waals surface area (Å²) in [5.74, 6) is 0. The summed E-state index contributed by atoms with van der Waals surface area (Å²) in [5.41, 5.74) is 18.7. The molecule has 0 amide bonds. The van der Waals surface area contributed by atoms with Gasteiger partial charge in [0.05, 0.1) is 16.7 Å². The largest absolute Gasteiger partial charge is 0.310 e. The molecule has 11 rings (SSSR count). The Labute approximate surface area is 362 Å². The maximum absolute atomic E-state index is 2.41. The van der Waals surface area contributed by atoms with Gasteiger partial charge in [0.1, 0.15) is 0 Å².